The fourth-order valence-electron chi connectivity index (χ4n) is 2.36. The molecule has 1 aromatic heterocycles. The number of methoxy groups -OCH3 is 1. The number of nitro groups is 1. The molecule has 0 saturated carbocycles. The van der Waals surface area contributed by atoms with E-state index in [0.29, 0.717) is 11.3 Å². The van der Waals surface area contributed by atoms with Gasteiger partial charge < -0.3 is 9.47 Å². The summed E-state index contributed by atoms with van der Waals surface area (Å²) < 4.78 is 49.7. The lowest BCUT2D eigenvalue weighted by Crippen LogP contribution is -2.20. The molecule has 9 nitrogen and oxygen atoms in total. The Morgan fingerprint density at radius 3 is 2.63 bits per heavy atom. The van der Waals surface area contributed by atoms with E-state index < -0.39 is 52.1 Å². The molecule has 156 valence electrons. The smallest absolute Gasteiger partial charge is 0.338 e. The van der Waals surface area contributed by atoms with Crippen LogP contribution in [0.2, 0.25) is 0 Å². The number of carbonyl (C=O) groups is 2. The highest BCUT2D eigenvalue weighted by Gasteiger charge is 2.21. The lowest BCUT2D eigenvalue weighted by molar-refractivity contribution is -0.385. The topological polar surface area (TPSA) is 121 Å². The van der Waals surface area contributed by atoms with Gasteiger partial charge in [-0.15, -0.1) is 0 Å². The van der Waals surface area contributed by atoms with Gasteiger partial charge in [0, 0.05) is 6.07 Å². The van der Waals surface area contributed by atoms with Gasteiger partial charge in [0.15, 0.2) is 34.9 Å². The number of amides is 1. The molecule has 0 aliphatic rings. The van der Waals surface area contributed by atoms with Crippen molar-refractivity contribution in [2.24, 2.45) is 0 Å². The minimum Gasteiger partial charge on any atom is -0.490 e. The summed E-state index contributed by atoms with van der Waals surface area (Å²) in [4.78, 5) is 37.9. The van der Waals surface area contributed by atoms with E-state index in [4.69, 9.17) is 9.47 Å². The summed E-state index contributed by atoms with van der Waals surface area (Å²) in [5.74, 6) is -6.53. The molecule has 30 heavy (non-hydrogen) atoms. The number of nitro benzene ring substituents is 1. The number of carbonyl (C=O) groups excluding carboxylic acids is 2. The number of benzene rings is 2. The van der Waals surface area contributed by atoms with Crippen LogP contribution in [0.15, 0.2) is 24.3 Å². The third-order valence-electron chi connectivity index (χ3n) is 3.71. The molecule has 1 heterocycles. The number of anilines is 1. The highest BCUT2D eigenvalue weighted by Crippen LogP contribution is 2.30. The fraction of sp³-hybridized carbons (Fsp3) is 0.118. The van der Waals surface area contributed by atoms with Crippen molar-refractivity contribution in [3.63, 3.8) is 0 Å². The fourth-order valence-corrected chi connectivity index (χ4v) is 3.26. The Hall–Kier alpha value is -3.74. The van der Waals surface area contributed by atoms with Crippen LogP contribution in [0.5, 0.6) is 5.75 Å². The van der Waals surface area contributed by atoms with Gasteiger partial charge in [-0.1, -0.05) is 11.3 Å². The second-order valence-corrected chi connectivity index (χ2v) is 6.65. The Morgan fingerprint density at radius 2 is 1.97 bits per heavy atom. The number of hydrogen-bond acceptors (Lipinski definition) is 8. The van der Waals surface area contributed by atoms with Crippen molar-refractivity contribution in [2.75, 3.05) is 19.0 Å². The lowest BCUT2D eigenvalue weighted by Gasteiger charge is -2.06. The predicted octanol–water partition coefficient (Wildman–Crippen LogP) is 3.43. The quantitative estimate of drug-likeness (QED) is 0.269. The van der Waals surface area contributed by atoms with Gasteiger partial charge in [-0.25, -0.2) is 22.9 Å². The number of thiazole rings is 1. The van der Waals surface area contributed by atoms with Crippen LogP contribution in [0.25, 0.3) is 10.2 Å². The van der Waals surface area contributed by atoms with Crippen LogP contribution >= 0.6 is 11.3 Å². The van der Waals surface area contributed by atoms with Crippen LogP contribution in [0.4, 0.5) is 24.0 Å². The Kier molecular flexibility index (Phi) is 5.82. The molecule has 0 fully saturated rings. The molecule has 13 heteroatoms. The number of ether oxygens (including phenoxy) is 2. The van der Waals surface area contributed by atoms with Crippen molar-refractivity contribution in [1.29, 1.82) is 0 Å². The summed E-state index contributed by atoms with van der Waals surface area (Å²) in [6.45, 7) is -0.792. The van der Waals surface area contributed by atoms with Gasteiger partial charge in [-0.3, -0.25) is 20.2 Å². The zero-order valence-corrected chi connectivity index (χ0v) is 15.7. The molecule has 3 aromatic rings. The summed E-state index contributed by atoms with van der Waals surface area (Å²) in [6, 6.07) is 4.07. The Labute approximate surface area is 169 Å². The first-order valence-electron chi connectivity index (χ1n) is 7.94. The van der Waals surface area contributed by atoms with Crippen LogP contribution in [0.3, 0.4) is 0 Å². The lowest BCUT2D eigenvalue weighted by atomic mass is 10.2. The average Bonchev–Trinajstić information content (AvgIpc) is 3.11. The van der Waals surface area contributed by atoms with Gasteiger partial charge in [0.05, 0.1) is 22.3 Å². The van der Waals surface area contributed by atoms with E-state index in [9.17, 15) is 32.9 Å². The van der Waals surface area contributed by atoms with E-state index in [0.717, 1.165) is 12.1 Å². The van der Waals surface area contributed by atoms with Crippen LogP contribution in [-0.2, 0) is 9.53 Å². The molecule has 1 amide bonds. The minimum atomic E-state index is -1.69. The van der Waals surface area contributed by atoms with Crippen molar-refractivity contribution < 1.29 is 37.2 Å². The Balaban J connectivity index is 1.67. The number of aromatic nitrogens is 1. The van der Waals surface area contributed by atoms with Gasteiger partial charge >= 0.3 is 11.7 Å². The van der Waals surface area contributed by atoms with E-state index in [-0.39, 0.29) is 21.1 Å². The van der Waals surface area contributed by atoms with E-state index in [1.807, 2.05) is 0 Å². The second kappa shape index (κ2) is 8.32. The highest BCUT2D eigenvalue weighted by atomic mass is 32.1. The van der Waals surface area contributed by atoms with Crippen LogP contribution in [0, 0.1) is 27.6 Å². The van der Waals surface area contributed by atoms with E-state index >= 15 is 0 Å². The zero-order valence-electron chi connectivity index (χ0n) is 14.9. The van der Waals surface area contributed by atoms with Crippen LogP contribution in [0.1, 0.15) is 10.4 Å². The van der Waals surface area contributed by atoms with E-state index in [1.165, 1.54) is 19.2 Å². The molecular weight excluding hydrogens is 431 g/mol. The molecule has 2 aromatic carbocycles. The molecule has 0 aliphatic heterocycles. The number of halogens is 3. The average molecular weight is 441 g/mol. The third-order valence-corrected chi connectivity index (χ3v) is 4.63. The first kappa shape index (κ1) is 21.0. The molecule has 0 radical (unpaired) electrons. The second-order valence-electron chi connectivity index (χ2n) is 5.62. The largest absolute Gasteiger partial charge is 0.490 e. The molecule has 0 spiro atoms. The zero-order chi connectivity index (χ0) is 22.0. The normalized spacial score (nSPS) is 10.7. The number of hydrogen-bond donors (Lipinski definition) is 1. The van der Waals surface area contributed by atoms with Crippen LogP contribution in [-0.4, -0.2) is 35.5 Å². The molecule has 0 unspecified atom stereocenters. The van der Waals surface area contributed by atoms with Crippen molar-refractivity contribution in [3.05, 3.63) is 57.4 Å². The van der Waals surface area contributed by atoms with Crippen molar-refractivity contribution in [2.45, 2.75) is 0 Å². The van der Waals surface area contributed by atoms with Gasteiger partial charge in [0.1, 0.15) is 5.52 Å². The monoisotopic (exact) mass is 441 g/mol. The van der Waals surface area contributed by atoms with E-state index in [1.54, 1.807) is 0 Å². The van der Waals surface area contributed by atoms with E-state index in [2.05, 4.69) is 10.3 Å². The Bertz CT molecular complexity index is 1180. The van der Waals surface area contributed by atoms with Gasteiger partial charge in [-0.2, -0.15) is 0 Å². The van der Waals surface area contributed by atoms with Gasteiger partial charge in [-0.05, 0) is 18.2 Å². The number of fused-ring (bicyclic) bond motifs is 1. The van der Waals surface area contributed by atoms with Crippen molar-refractivity contribution >= 4 is 44.2 Å². The molecule has 0 bridgehead atoms. The predicted molar refractivity (Wildman–Crippen MR) is 98.1 cm³/mol. The number of nitrogens with zero attached hydrogens (tertiary/aromatic N) is 2. The number of esters is 1. The summed E-state index contributed by atoms with van der Waals surface area (Å²) in [5.41, 5.74) is -1.12. The summed E-state index contributed by atoms with van der Waals surface area (Å²) in [6.07, 6.45) is 0. The standard InChI is InChI=1S/C17H10F3N3O6S/c1-28-10-3-2-7(4-9(10)23(26)27)16(25)29-6-12(24)21-17-22-15-11(30-17)5-8(18)13(19)14(15)20/h2-5H,6H2,1H3,(H,21,22,24). The molecule has 0 aliphatic carbocycles. The molecule has 3 rings (SSSR count). The van der Waals surface area contributed by atoms with Crippen LogP contribution < -0.4 is 10.1 Å². The van der Waals surface area contributed by atoms with Crippen molar-refractivity contribution in [1.82, 2.24) is 4.98 Å². The summed E-state index contributed by atoms with van der Waals surface area (Å²) in [5, 5.41) is 13.0. The minimum absolute atomic E-state index is 0.0377. The van der Waals surface area contributed by atoms with Crippen molar-refractivity contribution in [3.8, 4) is 5.75 Å². The summed E-state index contributed by atoms with van der Waals surface area (Å²) >= 11 is 0.683. The van der Waals surface area contributed by atoms with Gasteiger partial charge in [0.25, 0.3) is 5.91 Å². The third kappa shape index (κ3) is 4.15. The maximum absolute atomic E-state index is 13.7. The highest BCUT2D eigenvalue weighted by molar-refractivity contribution is 7.22. The maximum atomic E-state index is 13.7. The van der Waals surface area contributed by atoms with Gasteiger partial charge in [0.2, 0.25) is 0 Å². The SMILES string of the molecule is COc1ccc(C(=O)OCC(=O)Nc2nc3c(F)c(F)c(F)cc3s2)cc1[N+](=O)[O-]. The maximum Gasteiger partial charge on any atom is 0.338 e. The molecule has 0 atom stereocenters. The summed E-state index contributed by atoms with van der Waals surface area (Å²) in [7, 11) is 1.22. The first-order valence-corrected chi connectivity index (χ1v) is 8.76. The Morgan fingerprint density at radius 1 is 1.23 bits per heavy atom. The number of nitrogens with one attached hydrogen (secondary N) is 1. The molecule has 1 N–H and O–H groups in total. The number of rotatable bonds is 6. The molecular formula is C17H10F3N3O6S. The molecule has 0 saturated heterocycles. The first-order chi connectivity index (χ1) is 14.2.